The molecule has 0 atom stereocenters. The van der Waals surface area contributed by atoms with Gasteiger partial charge in [-0.25, -0.2) is 9.98 Å². The van der Waals surface area contributed by atoms with Crippen LogP contribution in [0, 0.1) is 0 Å². The predicted molar refractivity (Wildman–Crippen MR) is 86.1 cm³/mol. The molecule has 0 saturated carbocycles. The first-order valence-corrected chi connectivity index (χ1v) is 7.24. The fourth-order valence-electron chi connectivity index (χ4n) is 1.96. The van der Waals surface area contributed by atoms with E-state index >= 15 is 0 Å². The lowest BCUT2D eigenvalue weighted by molar-refractivity contribution is -0.274. The highest BCUT2D eigenvalue weighted by Crippen LogP contribution is 2.22. The van der Waals surface area contributed by atoms with Crippen molar-refractivity contribution < 1.29 is 22.6 Å². The van der Waals surface area contributed by atoms with Crippen LogP contribution >= 0.6 is 0 Å². The first kappa shape index (κ1) is 18.4. The van der Waals surface area contributed by atoms with E-state index in [4.69, 9.17) is 10.5 Å². The van der Waals surface area contributed by atoms with Gasteiger partial charge in [-0.15, -0.1) is 13.2 Å². The highest BCUT2D eigenvalue weighted by atomic mass is 19.4. The van der Waals surface area contributed by atoms with Crippen LogP contribution < -0.4 is 20.5 Å². The van der Waals surface area contributed by atoms with Crippen LogP contribution in [0.2, 0.25) is 0 Å². The first-order chi connectivity index (χ1) is 11.9. The fraction of sp³-hybridized carbons (Fsp3) is 0.250. The van der Waals surface area contributed by atoms with Crippen LogP contribution in [0.25, 0.3) is 0 Å². The molecule has 6 nitrogen and oxygen atoms in total. The Bertz CT molecular complexity index is 718. The summed E-state index contributed by atoms with van der Waals surface area (Å²) in [5, 5.41) is 2.92. The molecular weight excluding hydrogens is 337 g/mol. The second kappa shape index (κ2) is 8.22. The molecule has 0 radical (unpaired) electrons. The summed E-state index contributed by atoms with van der Waals surface area (Å²) in [6.07, 6.45) is -3.09. The Hall–Kier alpha value is -2.97. The number of hydrogen-bond donors (Lipinski definition) is 2. The zero-order chi connectivity index (χ0) is 18.3. The Morgan fingerprint density at radius 2 is 1.96 bits per heavy atom. The van der Waals surface area contributed by atoms with Crippen molar-refractivity contribution in [3.8, 4) is 11.6 Å². The molecule has 0 aliphatic rings. The number of aromatic nitrogens is 1. The summed E-state index contributed by atoms with van der Waals surface area (Å²) < 4.78 is 45.2. The van der Waals surface area contributed by atoms with Gasteiger partial charge in [-0.1, -0.05) is 18.2 Å². The summed E-state index contributed by atoms with van der Waals surface area (Å²) in [6, 6.07) is 9.04. The molecule has 2 aromatic rings. The van der Waals surface area contributed by atoms with E-state index in [1.807, 2.05) is 6.07 Å². The Morgan fingerprint density at radius 3 is 2.60 bits per heavy atom. The number of hydrogen-bond acceptors (Lipinski definition) is 4. The molecule has 3 N–H and O–H groups in total. The van der Waals surface area contributed by atoms with Crippen molar-refractivity contribution in [2.45, 2.75) is 19.5 Å². The molecule has 0 aliphatic heterocycles. The van der Waals surface area contributed by atoms with Crippen molar-refractivity contribution in [2.75, 3.05) is 7.11 Å². The molecule has 0 aliphatic carbocycles. The monoisotopic (exact) mass is 354 g/mol. The Kier molecular flexibility index (Phi) is 6.04. The molecule has 2 rings (SSSR count). The second-order valence-corrected chi connectivity index (χ2v) is 4.92. The van der Waals surface area contributed by atoms with Gasteiger partial charge in [0, 0.05) is 18.3 Å². The van der Waals surface area contributed by atoms with Gasteiger partial charge in [-0.2, -0.15) is 0 Å². The third-order valence-electron chi connectivity index (χ3n) is 3.09. The number of rotatable bonds is 6. The van der Waals surface area contributed by atoms with E-state index < -0.39 is 6.36 Å². The quantitative estimate of drug-likeness (QED) is 0.616. The minimum Gasteiger partial charge on any atom is -0.481 e. The number of halogens is 3. The van der Waals surface area contributed by atoms with Gasteiger partial charge in [-0.05, 0) is 23.8 Å². The first-order valence-electron chi connectivity index (χ1n) is 7.24. The highest BCUT2D eigenvalue weighted by molar-refractivity contribution is 5.77. The topological polar surface area (TPSA) is 81.8 Å². The van der Waals surface area contributed by atoms with Crippen LogP contribution in [0.15, 0.2) is 47.6 Å². The van der Waals surface area contributed by atoms with Gasteiger partial charge < -0.3 is 20.5 Å². The molecule has 0 bridgehead atoms. The summed E-state index contributed by atoms with van der Waals surface area (Å²) in [6.45, 7) is 0.597. The zero-order valence-corrected chi connectivity index (χ0v) is 13.4. The van der Waals surface area contributed by atoms with E-state index in [1.54, 1.807) is 12.3 Å². The summed E-state index contributed by atoms with van der Waals surface area (Å²) in [5.41, 5.74) is 7.29. The number of pyridine rings is 1. The Balaban J connectivity index is 1.88. The average molecular weight is 354 g/mol. The largest absolute Gasteiger partial charge is 0.573 e. The van der Waals surface area contributed by atoms with Gasteiger partial charge in [0.25, 0.3) is 0 Å². The second-order valence-electron chi connectivity index (χ2n) is 4.92. The maximum Gasteiger partial charge on any atom is 0.573 e. The number of guanidine groups is 1. The van der Waals surface area contributed by atoms with Crippen molar-refractivity contribution >= 4 is 5.96 Å². The number of alkyl halides is 3. The van der Waals surface area contributed by atoms with Crippen molar-refractivity contribution in [3.05, 3.63) is 53.7 Å². The van der Waals surface area contributed by atoms with Crippen LogP contribution in [0.4, 0.5) is 13.2 Å². The molecule has 1 aromatic heterocycles. The van der Waals surface area contributed by atoms with Crippen LogP contribution in [0.5, 0.6) is 11.6 Å². The molecule has 1 aromatic carbocycles. The SMILES string of the molecule is COc1ncccc1CNC(N)=NCc1ccc(OC(F)(F)F)cc1. The summed E-state index contributed by atoms with van der Waals surface area (Å²) in [7, 11) is 1.52. The Morgan fingerprint density at radius 1 is 1.24 bits per heavy atom. The summed E-state index contributed by atoms with van der Waals surface area (Å²) >= 11 is 0. The lowest BCUT2D eigenvalue weighted by Crippen LogP contribution is -2.31. The minimum absolute atomic E-state index is 0.196. The molecule has 0 unspecified atom stereocenters. The standard InChI is InChI=1S/C16H17F3N4O2/c1-24-14-12(3-2-8-21-14)10-23-15(20)22-9-11-4-6-13(7-5-11)25-16(17,18)19/h2-8H,9-10H2,1H3,(H3,20,22,23). The number of benzene rings is 1. The van der Waals surface area contributed by atoms with Gasteiger partial charge in [0.05, 0.1) is 13.7 Å². The minimum atomic E-state index is -4.71. The molecule has 0 spiro atoms. The van der Waals surface area contributed by atoms with E-state index in [1.165, 1.54) is 31.4 Å². The van der Waals surface area contributed by atoms with Gasteiger partial charge in [-0.3, -0.25) is 0 Å². The number of aliphatic imine (C=N–C) groups is 1. The van der Waals surface area contributed by atoms with E-state index in [0.29, 0.717) is 18.0 Å². The van der Waals surface area contributed by atoms with Crippen LogP contribution in [0.1, 0.15) is 11.1 Å². The van der Waals surface area contributed by atoms with Gasteiger partial charge in [0.15, 0.2) is 5.96 Å². The summed E-state index contributed by atoms with van der Waals surface area (Å²) in [5.74, 6) is 0.402. The molecule has 25 heavy (non-hydrogen) atoms. The van der Waals surface area contributed by atoms with Crippen LogP contribution in [-0.2, 0) is 13.1 Å². The normalized spacial score (nSPS) is 11.9. The van der Waals surface area contributed by atoms with Crippen molar-refractivity contribution in [2.24, 2.45) is 10.7 Å². The van der Waals surface area contributed by atoms with E-state index in [9.17, 15) is 13.2 Å². The third kappa shape index (κ3) is 6.21. The highest BCUT2D eigenvalue weighted by Gasteiger charge is 2.30. The Labute approximate surface area is 142 Å². The lowest BCUT2D eigenvalue weighted by Gasteiger charge is -2.10. The van der Waals surface area contributed by atoms with Crippen LogP contribution in [-0.4, -0.2) is 24.4 Å². The lowest BCUT2D eigenvalue weighted by atomic mass is 10.2. The molecular formula is C16H17F3N4O2. The number of nitrogens with one attached hydrogen (secondary N) is 1. The number of nitrogens with zero attached hydrogens (tertiary/aromatic N) is 2. The molecule has 0 fully saturated rings. The van der Waals surface area contributed by atoms with Crippen LogP contribution in [0.3, 0.4) is 0 Å². The molecule has 1 heterocycles. The smallest absolute Gasteiger partial charge is 0.481 e. The number of ether oxygens (including phenoxy) is 2. The maximum atomic E-state index is 12.1. The molecule has 0 saturated heterocycles. The van der Waals surface area contributed by atoms with E-state index in [2.05, 4.69) is 20.0 Å². The number of methoxy groups -OCH3 is 1. The van der Waals surface area contributed by atoms with Crippen molar-refractivity contribution in [1.29, 1.82) is 0 Å². The van der Waals surface area contributed by atoms with Gasteiger partial charge in [0.1, 0.15) is 5.75 Å². The fourth-order valence-corrected chi connectivity index (χ4v) is 1.96. The molecule has 9 heteroatoms. The van der Waals surface area contributed by atoms with Gasteiger partial charge >= 0.3 is 6.36 Å². The molecule has 0 amide bonds. The average Bonchev–Trinajstić information content (AvgIpc) is 2.58. The third-order valence-corrected chi connectivity index (χ3v) is 3.09. The zero-order valence-electron chi connectivity index (χ0n) is 13.4. The van der Waals surface area contributed by atoms with Crippen molar-refractivity contribution in [1.82, 2.24) is 10.3 Å². The molecule has 134 valence electrons. The number of nitrogens with two attached hydrogens (primary N) is 1. The summed E-state index contributed by atoms with van der Waals surface area (Å²) in [4.78, 5) is 8.20. The maximum absolute atomic E-state index is 12.1. The van der Waals surface area contributed by atoms with Gasteiger partial charge in [0.2, 0.25) is 5.88 Å². The van der Waals surface area contributed by atoms with E-state index in [0.717, 1.165) is 5.56 Å². The van der Waals surface area contributed by atoms with Crippen molar-refractivity contribution in [3.63, 3.8) is 0 Å². The predicted octanol–water partition coefficient (Wildman–Crippen LogP) is 2.59. The van der Waals surface area contributed by atoms with E-state index in [-0.39, 0.29) is 18.3 Å².